The molecule has 0 aromatic carbocycles. The van der Waals surface area contributed by atoms with E-state index in [4.69, 9.17) is 5.73 Å². The van der Waals surface area contributed by atoms with Crippen LogP contribution in [-0.2, 0) is 9.59 Å². The van der Waals surface area contributed by atoms with Crippen molar-refractivity contribution in [1.82, 2.24) is 4.90 Å². The molecule has 0 aliphatic carbocycles. The van der Waals surface area contributed by atoms with Crippen LogP contribution >= 0.6 is 0 Å². The Bertz CT molecular complexity index is 203. The molecule has 1 heterocycles. The van der Waals surface area contributed by atoms with Gasteiger partial charge in [-0.3, -0.25) is 9.59 Å². The van der Waals surface area contributed by atoms with Crippen LogP contribution in [0.15, 0.2) is 0 Å². The molecule has 1 aliphatic rings. The lowest BCUT2D eigenvalue weighted by molar-refractivity contribution is -0.128. The van der Waals surface area contributed by atoms with Crippen molar-refractivity contribution in [3.8, 4) is 0 Å². The number of hydrogen-bond acceptors (Lipinski definition) is 2. The van der Waals surface area contributed by atoms with Crippen molar-refractivity contribution in [2.45, 2.75) is 19.8 Å². The van der Waals surface area contributed by atoms with Gasteiger partial charge in [-0.25, -0.2) is 0 Å². The van der Waals surface area contributed by atoms with E-state index >= 15 is 0 Å². The maximum Gasteiger partial charge on any atom is 0.223 e. The topological polar surface area (TPSA) is 63.4 Å². The molecule has 4 heteroatoms. The Balaban J connectivity index is 2.50. The number of nitrogens with zero attached hydrogens (tertiary/aromatic N) is 1. The van der Waals surface area contributed by atoms with Gasteiger partial charge in [0.05, 0.1) is 5.92 Å². The summed E-state index contributed by atoms with van der Waals surface area (Å²) in [5.74, 6) is -0.563. The highest BCUT2D eigenvalue weighted by molar-refractivity contribution is 5.88. The van der Waals surface area contributed by atoms with Crippen molar-refractivity contribution in [2.75, 3.05) is 13.1 Å². The van der Waals surface area contributed by atoms with E-state index in [1.807, 2.05) is 6.92 Å². The molecule has 0 aromatic heterocycles. The minimum Gasteiger partial charge on any atom is -0.369 e. The van der Waals surface area contributed by atoms with E-state index in [1.165, 1.54) is 0 Å². The molecular weight excluding hydrogens is 156 g/mol. The summed E-state index contributed by atoms with van der Waals surface area (Å²) in [6.45, 7) is 3.26. The standard InChI is InChI=1S/C8H14N2O2/c1-2-3-10-5-6(8(9)12)4-7(10)11/h6H,2-5H2,1H3,(H2,9,12). The van der Waals surface area contributed by atoms with Crippen LogP contribution in [0.25, 0.3) is 0 Å². The number of amides is 2. The van der Waals surface area contributed by atoms with E-state index < -0.39 is 0 Å². The molecule has 1 atom stereocenters. The smallest absolute Gasteiger partial charge is 0.223 e. The Kier molecular flexibility index (Phi) is 2.68. The fourth-order valence-electron chi connectivity index (χ4n) is 1.45. The van der Waals surface area contributed by atoms with Crippen LogP contribution in [0.4, 0.5) is 0 Å². The minimum absolute atomic E-state index is 0.0562. The molecule has 0 aromatic rings. The fourth-order valence-corrected chi connectivity index (χ4v) is 1.45. The molecule has 1 unspecified atom stereocenters. The molecule has 1 rings (SSSR count). The zero-order valence-corrected chi connectivity index (χ0v) is 7.25. The van der Waals surface area contributed by atoms with Gasteiger partial charge < -0.3 is 10.6 Å². The summed E-state index contributed by atoms with van der Waals surface area (Å²) >= 11 is 0. The van der Waals surface area contributed by atoms with Crippen molar-refractivity contribution in [3.05, 3.63) is 0 Å². The molecule has 0 spiro atoms. The van der Waals surface area contributed by atoms with Gasteiger partial charge in [0.25, 0.3) is 0 Å². The predicted octanol–water partition coefficient (Wildman–Crippen LogP) is -0.270. The van der Waals surface area contributed by atoms with Gasteiger partial charge in [-0.2, -0.15) is 0 Å². The third-order valence-electron chi connectivity index (χ3n) is 2.11. The lowest BCUT2D eigenvalue weighted by Gasteiger charge is -2.13. The second-order valence-corrected chi connectivity index (χ2v) is 3.14. The number of carbonyl (C=O) groups is 2. The first-order chi connectivity index (χ1) is 5.65. The lowest BCUT2D eigenvalue weighted by Crippen LogP contribution is -2.29. The normalized spacial score (nSPS) is 23.2. The molecule has 1 saturated heterocycles. The third kappa shape index (κ3) is 1.75. The van der Waals surface area contributed by atoms with Gasteiger partial charge in [0.2, 0.25) is 11.8 Å². The predicted molar refractivity (Wildman–Crippen MR) is 44.2 cm³/mol. The number of likely N-dealkylation sites (tertiary alicyclic amines) is 1. The summed E-state index contributed by atoms with van der Waals surface area (Å²) in [6, 6.07) is 0. The highest BCUT2D eigenvalue weighted by Crippen LogP contribution is 2.16. The molecule has 1 fully saturated rings. The van der Waals surface area contributed by atoms with Crippen LogP contribution in [0.1, 0.15) is 19.8 Å². The van der Waals surface area contributed by atoms with Gasteiger partial charge in [-0.05, 0) is 6.42 Å². The average Bonchev–Trinajstić information content (AvgIpc) is 2.34. The SMILES string of the molecule is CCCN1CC(C(N)=O)CC1=O. The summed E-state index contributed by atoms with van der Waals surface area (Å²) in [4.78, 5) is 23.6. The fraction of sp³-hybridized carbons (Fsp3) is 0.750. The van der Waals surface area contributed by atoms with Crippen molar-refractivity contribution in [1.29, 1.82) is 0 Å². The third-order valence-corrected chi connectivity index (χ3v) is 2.11. The van der Waals surface area contributed by atoms with Gasteiger partial charge in [0, 0.05) is 19.5 Å². The first-order valence-electron chi connectivity index (χ1n) is 4.22. The lowest BCUT2D eigenvalue weighted by atomic mass is 10.1. The van der Waals surface area contributed by atoms with Gasteiger partial charge in [0.15, 0.2) is 0 Å². The first kappa shape index (κ1) is 9.03. The zero-order valence-electron chi connectivity index (χ0n) is 7.25. The van der Waals surface area contributed by atoms with Crippen LogP contribution in [0.2, 0.25) is 0 Å². The quantitative estimate of drug-likeness (QED) is 0.633. The molecule has 0 bridgehead atoms. The molecule has 1 aliphatic heterocycles. The Morgan fingerprint density at radius 3 is 2.83 bits per heavy atom. The van der Waals surface area contributed by atoms with Crippen LogP contribution in [0.5, 0.6) is 0 Å². The van der Waals surface area contributed by atoms with E-state index in [1.54, 1.807) is 4.90 Å². The molecule has 0 saturated carbocycles. The molecule has 4 nitrogen and oxygen atoms in total. The highest BCUT2D eigenvalue weighted by atomic mass is 16.2. The first-order valence-corrected chi connectivity index (χ1v) is 4.22. The largest absolute Gasteiger partial charge is 0.369 e. The van der Waals surface area contributed by atoms with E-state index in [9.17, 15) is 9.59 Å². The Morgan fingerprint density at radius 2 is 2.42 bits per heavy atom. The molecule has 2 N–H and O–H groups in total. The number of carbonyl (C=O) groups excluding carboxylic acids is 2. The summed E-state index contributed by atoms with van der Waals surface area (Å²) < 4.78 is 0. The minimum atomic E-state index is -0.359. The molecule has 0 radical (unpaired) electrons. The zero-order chi connectivity index (χ0) is 9.14. The van der Waals surface area contributed by atoms with Crippen LogP contribution < -0.4 is 5.73 Å². The van der Waals surface area contributed by atoms with E-state index in [2.05, 4.69) is 0 Å². The van der Waals surface area contributed by atoms with Crippen LogP contribution in [0.3, 0.4) is 0 Å². The second-order valence-electron chi connectivity index (χ2n) is 3.14. The monoisotopic (exact) mass is 170 g/mol. The Labute approximate surface area is 71.7 Å². The summed E-state index contributed by atoms with van der Waals surface area (Å²) in [5.41, 5.74) is 5.10. The number of hydrogen-bond donors (Lipinski definition) is 1. The van der Waals surface area contributed by atoms with Crippen LogP contribution in [0, 0.1) is 5.92 Å². The van der Waals surface area contributed by atoms with Gasteiger partial charge in [-0.1, -0.05) is 6.92 Å². The molecule has 12 heavy (non-hydrogen) atoms. The molecule has 68 valence electrons. The Hall–Kier alpha value is -1.06. The van der Waals surface area contributed by atoms with Crippen molar-refractivity contribution < 1.29 is 9.59 Å². The van der Waals surface area contributed by atoms with E-state index in [-0.39, 0.29) is 17.7 Å². The maximum atomic E-state index is 11.2. The highest BCUT2D eigenvalue weighted by Gasteiger charge is 2.32. The molecule has 2 amide bonds. The molecular formula is C8H14N2O2. The maximum absolute atomic E-state index is 11.2. The van der Waals surface area contributed by atoms with Crippen molar-refractivity contribution in [3.63, 3.8) is 0 Å². The number of rotatable bonds is 3. The second kappa shape index (κ2) is 3.56. The van der Waals surface area contributed by atoms with Gasteiger partial charge >= 0.3 is 0 Å². The van der Waals surface area contributed by atoms with Crippen molar-refractivity contribution in [2.24, 2.45) is 11.7 Å². The van der Waals surface area contributed by atoms with E-state index in [0.29, 0.717) is 13.0 Å². The number of primary amides is 1. The van der Waals surface area contributed by atoms with Gasteiger partial charge in [-0.15, -0.1) is 0 Å². The summed E-state index contributed by atoms with van der Waals surface area (Å²) in [5, 5.41) is 0. The Morgan fingerprint density at radius 1 is 1.75 bits per heavy atom. The van der Waals surface area contributed by atoms with E-state index in [0.717, 1.165) is 13.0 Å². The average molecular weight is 170 g/mol. The summed E-state index contributed by atoms with van der Waals surface area (Å²) in [6.07, 6.45) is 1.23. The van der Waals surface area contributed by atoms with Crippen molar-refractivity contribution >= 4 is 11.8 Å². The van der Waals surface area contributed by atoms with Crippen LogP contribution in [-0.4, -0.2) is 29.8 Å². The summed E-state index contributed by atoms with van der Waals surface area (Å²) in [7, 11) is 0. The number of nitrogens with two attached hydrogens (primary N) is 1. The van der Waals surface area contributed by atoms with Gasteiger partial charge in [0.1, 0.15) is 0 Å².